The summed E-state index contributed by atoms with van der Waals surface area (Å²) in [7, 11) is 0. The maximum Gasteiger partial charge on any atom is 2.00 e. The molecule has 0 bridgehead atoms. The van der Waals surface area contributed by atoms with Crippen molar-refractivity contribution in [2.45, 2.75) is 12.8 Å². The van der Waals surface area contributed by atoms with Crippen molar-refractivity contribution in [3.8, 4) is 0 Å². The molecule has 33 heavy (non-hydrogen) atoms. The largest absolute Gasteiger partial charge is 2.00 e. The van der Waals surface area contributed by atoms with Crippen LogP contribution in [-0.2, 0) is 21.7 Å². The van der Waals surface area contributed by atoms with Crippen LogP contribution < -0.4 is 24.8 Å². The van der Waals surface area contributed by atoms with Crippen molar-refractivity contribution in [1.29, 1.82) is 0 Å². The maximum absolute atomic E-state index is 10.3. The molecule has 0 heterocycles. The third-order valence-electron chi connectivity index (χ3n) is 4.97. The van der Waals surface area contributed by atoms with E-state index in [-0.39, 0.29) is 72.4 Å². The average molecular weight is 526 g/mol. The van der Waals surface area contributed by atoms with E-state index in [1.54, 1.807) is 24.3 Å². The fourth-order valence-electron chi connectivity index (χ4n) is 3.70. The summed E-state index contributed by atoms with van der Waals surface area (Å²) >= 11 is 0. The van der Waals surface area contributed by atoms with Gasteiger partial charge in [-0.3, -0.25) is 0 Å². The van der Waals surface area contributed by atoms with E-state index in [9.17, 15) is 4.79 Å². The predicted octanol–water partition coefficient (Wildman–Crippen LogP) is 1.33. The first-order chi connectivity index (χ1) is 13.2. The summed E-state index contributed by atoms with van der Waals surface area (Å²) in [5, 5.41) is 5.30. The van der Waals surface area contributed by atoms with Crippen molar-refractivity contribution in [2.75, 3.05) is 0 Å². The van der Waals surface area contributed by atoms with E-state index in [1.165, 1.54) is 32.7 Å². The van der Waals surface area contributed by atoms with Crippen LogP contribution in [0, 0.1) is 20.9 Å². The van der Waals surface area contributed by atoms with E-state index in [1.807, 2.05) is 12.1 Å². The summed E-state index contributed by atoms with van der Waals surface area (Å²) in [5.74, 6) is -0.138. The van der Waals surface area contributed by atoms with Crippen LogP contribution in [0.5, 0.6) is 0 Å². The monoisotopic (exact) mass is 525 g/mol. The van der Waals surface area contributed by atoms with Crippen molar-refractivity contribution >= 4 is 44.5 Å². The second-order valence-electron chi connectivity index (χ2n) is 6.67. The molecule has 0 aromatic heterocycles. The predicted molar refractivity (Wildman–Crippen MR) is 131 cm³/mol. The Morgan fingerprint density at radius 1 is 0.848 bits per heavy atom. The van der Waals surface area contributed by atoms with Gasteiger partial charge in [0.05, 0.1) is 5.91 Å². The van der Waals surface area contributed by atoms with E-state index >= 15 is 0 Å². The minimum Gasteiger partial charge on any atom is -1.00 e. The van der Waals surface area contributed by atoms with Gasteiger partial charge in [-0.25, -0.2) is 0 Å². The van der Waals surface area contributed by atoms with Gasteiger partial charge in [0.1, 0.15) is 0 Å². The van der Waals surface area contributed by atoms with Crippen LogP contribution in [0.3, 0.4) is 0 Å². The van der Waals surface area contributed by atoms with Gasteiger partial charge in [-0.1, -0.05) is 84.6 Å². The number of allylic oxidation sites excluding steroid dienone is 1. The van der Waals surface area contributed by atoms with Crippen molar-refractivity contribution in [1.82, 2.24) is 0 Å². The van der Waals surface area contributed by atoms with E-state index in [0.717, 1.165) is 0 Å². The van der Waals surface area contributed by atoms with Crippen molar-refractivity contribution in [3.05, 3.63) is 122 Å². The van der Waals surface area contributed by atoms with Crippen LogP contribution >= 0.6 is 0 Å². The van der Waals surface area contributed by atoms with Gasteiger partial charge in [-0.05, 0) is 16.9 Å². The summed E-state index contributed by atoms with van der Waals surface area (Å²) in [6.07, 6.45) is 4.56. The second kappa shape index (κ2) is 15.9. The molecule has 5 rings (SSSR count). The molecule has 0 saturated heterocycles. The number of benzene rings is 4. The smallest absolute Gasteiger partial charge is 1.00 e. The molecule has 2 nitrogen and oxygen atoms in total. The first kappa shape index (κ1) is 35.7. The number of halogens is 2. The number of hydrogen-bond donors (Lipinski definition) is 0. The van der Waals surface area contributed by atoms with E-state index in [4.69, 9.17) is 5.73 Å². The van der Waals surface area contributed by atoms with E-state index < -0.39 is 5.91 Å². The Morgan fingerprint density at radius 3 is 1.97 bits per heavy atom. The summed E-state index contributed by atoms with van der Waals surface area (Å²) in [4.78, 5) is 10.3. The zero-order chi connectivity index (χ0) is 18.8. The Labute approximate surface area is 229 Å². The standard InChI is InChI=1S/C18H13.C7H7NO.2CH3.2ClH.Si.Ti/c1-12-10-11-17-15-8-3-2-6-13(15)14-7-4-5-9-16(14)18(12)17;8-7(9)6-4-2-1-3-5-6;;;;;;/h2-8,10-12H,1H3;1-5H,(H2,8,9);2*1H3;2*1H;;/q-1;;2*-1;;;;+2/p-3. The van der Waals surface area contributed by atoms with E-state index in [2.05, 4.69) is 61.5 Å². The number of nitrogens with one attached hydrogen (secondary N) is 1. The SMILES string of the molecule is CC1C=Cc2c1c1[c-]cccc1c1ccccc21.[CH3-].[CH3-].[Cl-].[Cl-].[NH-]C(=O)c1ccccc1.[Si].[Ti+2]. The van der Waals surface area contributed by atoms with Gasteiger partial charge in [0, 0.05) is 11.0 Å². The molecule has 0 aliphatic heterocycles. The number of amides is 1. The average Bonchev–Trinajstić information content (AvgIpc) is 3.11. The molecule has 0 spiro atoms. The van der Waals surface area contributed by atoms with Gasteiger partial charge in [-0.15, -0.1) is 40.6 Å². The molecule has 4 aromatic carbocycles. The van der Waals surface area contributed by atoms with Crippen LogP contribution in [0.2, 0.25) is 0 Å². The molecule has 170 valence electrons. The van der Waals surface area contributed by atoms with E-state index in [0.29, 0.717) is 11.5 Å². The molecule has 0 saturated carbocycles. The molecule has 1 atom stereocenters. The van der Waals surface area contributed by atoms with Crippen molar-refractivity contribution in [2.24, 2.45) is 0 Å². The minimum atomic E-state index is -0.629. The number of rotatable bonds is 1. The Balaban J connectivity index is -0.000000532. The Kier molecular flexibility index (Phi) is 17.2. The van der Waals surface area contributed by atoms with Crippen LogP contribution in [0.4, 0.5) is 0 Å². The number of carbonyl (C=O) groups excluding carboxylic acids is 1. The number of fused-ring (bicyclic) bond motifs is 6. The zero-order valence-corrected chi connectivity index (χ0v) is 22.9. The van der Waals surface area contributed by atoms with Gasteiger partial charge in [0.25, 0.3) is 0 Å². The van der Waals surface area contributed by atoms with Gasteiger partial charge in [0.2, 0.25) is 0 Å². The minimum absolute atomic E-state index is 0. The van der Waals surface area contributed by atoms with Gasteiger partial charge < -0.3 is 50.2 Å². The molecule has 6 heteroatoms. The Hall–Kier alpha value is -1.88. The summed E-state index contributed by atoms with van der Waals surface area (Å²) in [6, 6.07) is 26.9. The fourth-order valence-corrected chi connectivity index (χ4v) is 3.70. The first-order valence-corrected chi connectivity index (χ1v) is 9.01. The maximum atomic E-state index is 10.3. The molecule has 1 aliphatic carbocycles. The van der Waals surface area contributed by atoms with Crippen LogP contribution in [0.1, 0.15) is 34.3 Å². The molecule has 1 aliphatic rings. The molecular weight excluding hydrogens is 501 g/mol. The number of hydrogen-bond acceptors (Lipinski definition) is 1. The second-order valence-corrected chi connectivity index (χ2v) is 6.67. The molecule has 1 N–H and O–H groups in total. The third kappa shape index (κ3) is 7.30. The molecule has 1 amide bonds. The normalized spacial score (nSPS) is 12.0. The summed E-state index contributed by atoms with van der Waals surface area (Å²) in [5.41, 5.74) is 9.94. The quantitative estimate of drug-likeness (QED) is 0.210. The zero-order valence-electron chi connectivity index (χ0n) is 18.8. The topological polar surface area (TPSA) is 40.9 Å². The number of carbonyl (C=O) groups is 1. The van der Waals surface area contributed by atoms with Crippen LogP contribution in [0.15, 0.2) is 78.9 Å². The molecule has 4 radical (unpaired) electrons. The Morgan fingerprint density at radius 2 is 1.39 bits per heavy atom. The molecular formula is C27H25Cl2NOSiTi-4. The third-order valence-corrected chi connectivity index (χ3v) is 4.97. The molecule has 0 fully saturated rings. The first-order valence-electron chi connectivity index (χ1n) is 9.01. The van der Waals surface area contributed by atoms with Crippen molar-refractivity contribution in [3.63, 3.8) is 0 Å². The molecule has 1 unspecified atom stereocenters. The summed E-state index contributed by atoms with van der Waals surface area (Å²) < 4.78 is 0. The van der Waals surface area contributed by atoms with Gasteiger partial charge in [-0.2, -0.15) is 0 Å². The fraction of sp³-hybridized carbons (Fsp3) is 0.0741. The van der Waals surface area contributed by atoms with Gasteiger partial charge >= 0.3 is 21.7 Å². The van der Waals surface area contributed by atoms with Crippen molar-refractivity contribution < 1.29 is 51.3 Å². The Bertz CT molecular complexity index is 1180. The van der Waals surface area contributed by atoms with Crippen LogP contribution in [-0.4, -0.2) is 16.9 Å². The summed E-state index contributed by atoms with van der Waals surface area (Å²) in [6.45, 7) is 2.26. The van der Waals surface area contributed by atoms with Gasteiger partial charge in [0.15, 0.2) is 0 Å². The van der Waals surface area contributed by atoms with Crippen LogP contribution in [0.25, 0.3) is 33.4 Å². The molecule has 4 aromatic rings.